The lowest BCUT2D eigenvalue weighted by molar-refractivity contribution is 0.0521. The van der Waals surface area contributed by atoms with E-state index >= 15 is 0 Å². The first-order valence-corrected chi connectivity index (χ1v) is 6.95. The second-order valence-electron chi connectivity index (χ2n) is 4.56. The monoisotopic (exact) mass is 270 g/mol. The number of esters is 1. The molecule has 1 N–H and O–H groups in total. The number of anilines is 1. The van der Waals surface area contributed by atoms with E-state index < -0.39 is 0 Å². The molecule has 2 atom stereocenters. The van der Waals surface area contributed by atoms with Gasteiger partial charge in [-0.2, -0.15) is 0 Å². The molecule has 0 radical (unpaired) electrons. The SMILES string of the molecule is CCOC(=O)c1ncsc1NC1(C)CCOC1C. The number of carbonyl (C=O) groups excluding carboxylic acids is 1. The fraction of sp³-hybridized carbons (Fsp3) is 0.667. The minimum absolute atomic E-state index is 0.106. The summed E-state index contributed by atoms with van der Waals surface area (Å²) in [4.78, 5) is 15.8. The molecule has 100 valence electrons. The van der Waals surface area contributed by atoms with Crippen LogP contribution in [0.3, 0.4) is 0 Å². The Morgan fingerprint density at radius 1 is 1.78 bits per heavy atom. The van der Waals surface area contributed by atoms with Gasteiger partial charge in [0.05, 0.1) is 23.8 Å². The van der Waals surface area contributed by atoms with Gasteiger partial charge in [0.25, 0.3) is 0 Å². The van der Waals surface area contributed by atoms with Gasteiger partial charge in [-0.25, -0.2) is 9.78 Å². The fourth-order valence-corrected chi connectivity index (χ4v) is 2.74. The van der Waals surface area contributed by atoms with Gasteiger partial charge in [0, 0.05) is 6.61 Å². The lowest BCUT2D eigenvalue weighted by atomic mass is 9.95. The number of nitrogens with one attached hydrogen (secondary N) is 1. The zero-order valence-electron chi connectivity index (χ0n) is 10.9. The predicted molar refractivity (Wildman–Crippen MR) is 70.1 cm³/mol. The summed E-state index contributed by atoms with van der Waals surface area (Å²) >= 11 is 1.41. The number of thiazole rings is 1. The van der Waals surface area contributed by atoms with Crippen molar-refractivity contribution in [1.82, 2.24) is 4.98 Å². The molecule has 0 bridgehead atoms. The second-order valence-corrected chi connectivity index (χ2v) is 5.41. The van der Waals surface area contributed by atoms with Crippen molar-refractivity contribution in [2.45, 2.75) is 38.8 Å². The van der Waals surface area contributed by atoms with Crippen molar-refractivity contribution >= 4 is 22.3 Å². The Hall–Kier alpha value is -1.14. The van der Waals surface area contributed by atoms with Gasteiger partial charge in [-0.3, -0.25) is 0 Å². The van der Waals surface area contributed by atoms with E-state index in [1.54, 1.807) is 12.4 Å². The Labute approximate surface area is 111 Å². The van der Waals surface area contributed by atoms with Crippen molar-refractivity contribution < 1.29 is 14.3 Å². The van der Waals surface area contributed by atoms with Gasteiger partial charge < -0.3 is 14.8 Å². The Morgan fingerprint density at radius 2 is 2.56 bits per heavy atom. The van der Waals surface area contributed by atoms with E-state index in [-0.39, 0.29) is 17.6 Å². The highest BCUT2D eigenvalue weighted by Crippen LogP contribution is 2.32. The third-order valence-electron chi connectivity index (χ3n) is 3.32. The van der Waals surface area contributed by atoms with E-state index in [4.69, 9.17) is 9.47 Å². The minimum atomic E-state index is -0.378. The van der Waals surface area contributed by atoms with Crippen molar-refractivity contribution in [3.63, 3.8) is 0 Å². The molecule has 5 nitrogen and oxygen atoms in total. The number of aromatic nitrogens is 1. The van der Waals surface area contributed by atoms with Gasteiger partial charge in [-0.1, -0.05) is 0 Å². The standard InChI is InChI=1S/C12H18N2O3S/c1-4-16-11(15)9-10(18-7-13-9)14-12(3)5-6-17-8(12)2/h7-8,14H,4-6H2,1-3H3. The van der Waals surface area contributed by atoms with Crippen LogP contribution in [0.4, 0.5) is 5.00 Å². The fourth-order valence-electron chi connectivity index (χ4n) is 1.94. The Kier molecular flexibility index (Phi) is 3.87. The Bertz CT molecular complexity index is 435. The molecule has 2 rings (SSSR count). The maximum absolute atomic E-state index is 11.7. The molecule has 0 aromatic carbocycles. The summed E-state index contributed by atoms with van der Waals surface area (Å²) < 4.78 is 10.6. The largest absolute Gasteiger partial charge is 0.461 e. The summed E-state index contributed by atoms with van der Waals surface area (Å²) in [5.41, 5.74) is 1.86. The highest BCUT2D eigenvalue weighted by atomic mass is 32.1. The molecule has 0 saturated carbocycles. The molecule has 0 amide bonds. The van der Waals surface area contributed by atoms with Gasteiger partial charge in [-0.05, 0) is 27.2 Å². The van der Waals surface area contributed by atoms with Gasteiger partial charge in [-0.15, -0.1) is 11.3 Å². The molecule has 6 heteroatoms. The van der Waals surface area contributed by atoms with Gasteiger partial charge in [0.15, 0.2) is 5.69 Å². The molecule has 1 saturated heterocycles. The molecule has 1 aromatic rings. The first-order chi connectivity index (χ1) is 8.57. The Morgan fingerprint density at radius 3 is 3.17 bits per heavy atom. The van der Waals surface area contributed by atoms with Crippen LogP contribution in [0.2, 0.25) is 0 Å². The number of rotatable bonds is 4. The number of hydrogen-bond acceptors (Lipinski definition) is 6. The normalized spacial score (nSPS) is 27.2. The summed E-state index contributed by atoms with van der Waals surface area (Å²) in [5, 5.41) is 4.14. The van der Waals surface area contributed by atoms with Crippen LogP contribution in [0.25, 0.3) is 0 Å². The lowest BCUT2D eigenvalue weighted by Gasteiger charge is -2.29. The van der Waals surface area contributed by atoms with Crippen molar-refractivity contribution in [1.29, 1.82) is 0 Å². The minimum Gasteiger partial charge on any atom is -0.461 e. The maximum Gasteiger partial charge on any atom is 0.360 e. The summed E-state index contributed by atoms with van der Waals surface area (Å²) in [6.45, 7) is 7.00. The van der Waals surface area contributed by atoms with E-state index in [2.05, 4.69) is 17.2 Å². The highest BCUT2D eigenvalue weighted by Gasteiger charge is 2.38. The third kappa shape index (κ3) is 2.49. The smallest absolute Gasteiger partial charge is 0.360 e. The molecular weight excluding hydrogens is 252 g/mol. The zero-order chi connectivity index (χ0) is 13.2. The second kappa shape index (κ2) is 5.24. The average Bonchev–Trinajstić information content (AvgIpc) is 2.88. The van der Waals surface area contributed by atoms with E-state index in [1.165, 1.54) is 11.3 Å². The number of ether oxygens (including phenoxy) is 2. The molecule has 1 fully saturated rings. The van der Waals surface area contributed by atoms with Crippen LogP contribution in [0, 0.1) is 0 Å². The lowest BCUT2D eigenvalue weighted by Crippen LogP contribution is -2.41. The van der Waals surface area contributed by atoms with Crippen LogP contribution in [0.1, 0.15) is 37.7 Å². The number of nitrogens with zero attached hydrogens (tertiary/aromatic N) is 1. The first-order valence-electron chi connectivity index (χ1n) is 6.07. The van der Waals surface area contributed by atoms with Crippen LogP contribution in [0.5, 0.6) is 0 Å². The predicted octanol–water partition coefficient (Wildman–Crippen LogP) is 2.30. The third-order valence-corrected chi connectivity index (χ3v) is 4.06. The molecule has 1 aliphatic rings. The van der Waals surface area contributed by atoms with E-state index in [9.17, 15) is 4.79 Å². The van der Waals surface area contributed by atoms with Crippen LogP contribution < -0.4 is 5.32 Å². The molecule has 0 aliphatic carbocycles. The van der Waals surface area contributed by atoms with E-state index in [1.807, 2.05) is 6.92 Å². The van der Waals surface area contributed by atoms with Crippen LogP contribution in [-0.2, 0) is 9.47 Å². The quantitative estimate of drug-likeness (QED) is 0.851. The van der Waals surface area contributed by atoms with Gasteiger partial charge >= 0.3 is 5.97 Å². The first kappa shape index (κ1) is 13.3. The highest BCUT2D eigenvalue weighted by molar-refractivity contribution is 7.14. The zero-order valence-corrected chi connectivity index (χ0v) is 11.7. The van der Waals surface area contributed by atoms with Crippen molar-refractivity contribution in [2.75, 3.05) is 18.5 Å². The maximum atomic E-state index is 11.7. The van der Waals surface area contributed by atoms with Crippen molar-refractivity contribution in [3.8, 4) is 0 Å². The molecule has 2 unspecified atom stereocenters. The van der Waals surface area contributed by atoms with Crippen molar-refractivity contribution in [3.05, 3.63) is 11.2 Å². The molecule has 0 spiro atoms. The molecule has 18 heavy (non-hydrogen) atoms. The van der Waals surface area contributed by atoms with Gasteiger partial charge in [0.2, 0.25) is 0 Å². The summed E-state index contributed by atoms with van der Waals surface area (Å²) in [7, 11) is 0. The molecule has 1 aliphatic heterocycles. The Balaban J connectivity index is 2.15. The van der Waals surface area contributed by atoms with Crippen LogP contribution in [0.15, 0.2) is 5.51 Å². The summed E-state index contributed by atoms with van der Waals surface area (Å²) in [5.74, 6) is -0.378. The molecular formula is C12H18N2O3S. The molecule has 2 heterocycles. The summed E-state index contributed by atoms with van der Waals surface area (Å²) in [6.07, 6.45) is 1.02. The van der Waals surface area contributed by atoms with Crippen LogP contribution in [-0.4, -0.2) is 35.8 Å². The van der Waals surface area contributed by atoms with E-state index in [0.717, 1.165) is 18.0 Å². The topological polar surface area (TPSA) is 60.5 Å². The summed E-state index contributed by atoms with van der Waals surface area (Å²) in [6, 6.07) is 0. The van der Waals surface area contributed by atoms with Crippen molar-refractivity contribution in [2.24, 2.45) is 0 Å². The number of carbonyl (C=O) groups is 1. The van der Waals surface area contributed by atoms with Crippen LogP contribution >= 0.6 is 11.3 Å². The molecule has 1 aromatic heterocycles. The average molecular weight is 270 g/mol. The number of hydrogen-bond donors (Lipinski definition) is 1. The van der Waals surface area contributed by atoms with E-state index in [0.29, 0.717) is 12.3 Å². The van der Waals surface area contributed by atoms with Gasteiger partial charge in [0.1, 0.15) is 5.00 Å².